The molecule has 0 atom stereocenters. The highest BCUT2D eigenvalue weighted by Gasteiger charge is 2.33. The van der Waals surface area contributed by atoms with E-state index in [1.165, 1.54) is 0 Å². The molecule has 0 spiro atoms. The van der Waals surface area contributed by atoms with Crippen LogP contribution in [0.2, 0.25) is 0 Å². The van der Waals surface area contributed by atoms with Gasteiger partial charge >= 0.3 is 0 Å². The minimum Gasteiger partial charge on any atom is -0.369 e. The van der Waals surface area contributed by atoms with Gasteiger partial charge in [-0.25, -0.2) is 0 Å². The van der Waals surface area contributed by atoms with E-state index in [9.17, 15) is 4.79 Å². The maximum atomic E-state index is 12.2. The molecule has 1 N–H and O–H groups in total. The molecule has 0 aliphatic carbocycles. The molecule has 0 aromatic heterocycles. The fraction of sp³-hybridized carbons (Fsp3) is 0.923. The third-order valence-electron chi connectivity index (χ3n) is 3.61. The van der Waals surface area contributed by atoms with Crippen molar-refractivity contribution in [1.82, 2.24) is 10.2 Å². The fourth-order valence-electron chi connectivity index (χ4n) is 2.16. The molecule has 1 aliphatic heterocycles. The third-order valence-corrected chi connectivity index (χ3v) is 3.61. The fourth-order valence-corrected chi connectivity index (χ4v) is 2.16. The number of hydrogen-bond acceptors (Lipinski definition) is 3. The Balaban J connectivity index is 2.39. The van der Waals surface area contributed by atoms with E-state index in [2.05, 4.69) is 12.2 Å². The average molecular weight is 242 g/mol. The van der Waals surface area contributed by atoms with Crippen molar-refractivity contribution in [2.24, 2.45) is 5.92 Å². The van der Waals surface area contributed by atoms with Crippen LogP contribution in [0.4, 0.5) is 0 Å². The van der Waals surface area contributed by atoms with Crippen LogP contribution in [0, 0.1) is 5.92 Å². The summed E-state index contributed by atoms with van der Waals surface area (Å²) in [7, 11) is 1.59. The van der Waals surface area contributed by atoms with Crippen molar-refractivity contribution in [2.45, 2.75) is 39.2 Å². The van der Waals surface area contributed by atoms with Crippen molar-refractivity contribution in [2.75, 3.05) is 33.3 Å². The zero-order valence-corrected chi connectivity index (χ0v) is 11.6. The van der Waals surface area contributed by atoms with Gasteiger partial charge in [-0.2, -0.15) is 0 Å². The molecule has 17 heavy (non-hydrogen) atoms. The Morgan fingerprint density at radius 3 is 2.47 bits per heavy atom. The molecule has 0 aromatic carbocycles. The number of nitrogens with zero attached hydrogens (tertiary/aromatic N) is 1. The van der Waals surface area contributed by atoms with Crippen LogP contribution < -0.4 is 5.32 Å². The normalized spacial score (nSPS) is 18.5. The van der Waals surface area contributed by atoms with Crippen molar-refractivity contribution in [3.05, 3.63) is 0 Å². The second-order valence-corrected chi connectivity index (χ2v) is 5.26. The van der Waals surface area contributed by atoms with E-state index >= 15 is 0 Å². The molecule has 0 radical (unpaired) electrons. The second-order valence-electron chi connectivity index (χ2n) is 5.26. The predicted octanol–water partition coefficient (Wildman–Crippen LogP) is 1.26. The van der Waals surface area contributed by atoms with Crippen LogP contribution in [0.5, 0.6) is 0 Å². The first-order chi connectivity index (χ1) is 8.01. The first-order valence-corrected chi connectivity index (χ1v) is 6.56. The zero-order chi connectivity index (χ0) is 12.9. The predicted molar refractivity (Wildman–Crippen MR) is 68.9 cm³/mol. The molecule has 1 heterocycles. The van der Waals surface area contributed by atoms with Gasteiger partial charge in [-0.15, -0.1) is 0 Å². The number of amides is 1. The molecule has 0 saturated carbocycles. The first-order valence-electron chi connectivity index (χ1n) is 6.56. The monoisotopic (exact) mass is 242 g/mol. The maximum Gasteiger partial charge on any atom is 0.254 e. The molecule has 1 saturated heterocycles. The second kappa shape index (κ2) is 6.36. The van der Waals surface area contributed by atoms with Crippen molar-refractivity contribution >= 4 is 5.91 Å². The van der Waals surface area contributed by atoms with Crippen LogP contribution in [-0.2, 0) is 9.53 Å². The van der Waals surface area contributed by atoms with Gasteiger partial charge in [-0.1, -0.05) is 6.92 Å². The molecule has 0 aromatic rings. The zero-order valence-electron chi connectivity index (χ0n) is 11.6. The van der Waals surface area contributed by atoms with Gasteiger partial charge < -0.3 is 15.0 Å². The smallest absolute Gasteiger partial charge is 0.254 e. The summed E-state index contributed by atoms with van der Waals surface area (Å²) in [5.74, 6) is 0.826. The molecule has 0 bridgehead atoms. The number of carbonyl (C=O) groups is 1. The van der Waals surface area contributed by atoms with Crippen LogP contribution in [-0.4, -0.2) is 49.7 Å². The van der Waals surface area contributed by atoms with Crippen LogP contribution in [0.25, 0.3) is 0 Å². The average Bonchev–Trinajstić information content (AvgIpc) is 2.36. The summed E-state index contributed by atoms with van der Waals surface area (Å²) in [5, 5.41) is 3.38. The molecular formula is C13H26N2O2. The van der Waals surface area contributed by atoms with Gasteiger partial charge in [0.2, 0.25) is 0 Å². The molecule has 4 nitrogen and oxygen atoms in total. The summed E-state index contributed by atoms with van der Waals surface area (Å²) >= 11 is 0. The van der Waals surface area contributed by atoms with Crippen LogP contribution in [0.1, 0.15) is 33.6 Å². The molecule has 1 rings (SSSR count). The summed E-state index contributed by atoms with van der Waals surface area (Å²) in [4.78, 5) is 14.1. The van der Waals surface area contributed by atoms with E-state index in [-0.39, 0.29) is 5.91 Å². The molecule has 1 amide bonds. The molecule has 1 aliphatic rings. The number of nitrogens with one attached hydrogen (secondary N) is 1. The lowest BCUT2D eigenvalue weighted by atomic mass is 9.95. The number of ether oxygens (including phenoxy) is 1. The first kappa shape index (κ1) is 14.5. The van der Waals surface area contributed by atoms with Crippen LogP contribution >= 0.6 is 0 Å². The lowest BCUT2D eigenvalue weighted by Gasteiger charge is -2.36. The van der Waals surface area contributed by atoms with Gasteiger partial charge in [0.25, 0.3) is 5.91 Å². The highest BCUT2D eigenvalue weighted by Crippen LogP contribution is 2.20. The highest BCUT2D eigenvalue weighted by atomic mass is 16.5. The minimum atomic E-state index is -0.686. The van der Waals surface area contributed by atoms with Gasteiger partial charge in [-0.3, -0.25) is 4.79 Å². The Morgan fingerprint density at radius 1 is 1.41 bits per heavy atom. The van der Waals surface area contributed by atoms with E-state index in [1.807, 2.05) is 18.7 Å². The van der Waals surface area contributed by atoms with Crippen molar-refractivity contribution < 1.29 is 9.53 Å². The standard InChI is InChI=1S/C13H26N2O2/c1-5-14-10-11-6-8-15(9-7-11)12(16)13(2,3)17-4/h11,14H,5-10H2,1-4H3. The maximum absolute atomic E-state index is 12.2. The molecule has 1 fully saturated rings. The Labute approximate surface area is 105 Å². The third kappa shape index (κ3) is 3.96. The summed E-state index contributed by atoms with van der Waals surface area (Å²) < 4.78 is 5.24. The number of rotatable bonds is 5. The lowest BCUT2D eigenvalue weighted by molar-refractivity contribution is -0.152. The van der Waals surface area contributed by atoms with E-state index in [4.69, 9.17) is 4.74 Å². The molecule has 4 heteroatoms. The number of hydrogen-bond donors (Lipinski definition) is 1. The van der Waals surface area contributed by atoms with E-state index in [0.717, 1.165) is 39.0 Å². The largest absolute Gasteiger partial charge is 0.369 e. The molecule has 100 valence electrons. The van der Waals surface area contributed by atoms with Gasteiger partial charge in [0.05, 0.1) is 0 Å². The number of piperidine rings is 1. The van der Waals surface area contributed by atoms with Gasteiger partial charge in [0, 0.05) is 20.2 Å². The van der Waals surface area contributed by atoms with Gasteiger partial charge in [0.15, 0.2) is 0 Å². The lowest BCUT2D eigenvalue weighted by Crippen LogP contribution is -2.50. The summed E-state index contributed by atoms with van der Waals surface area (Å²) in [6, 6.07) is 0. The van der Waals surface area contributed by atoms with Crippen LogP contribution in [0.3, 0.4) is 0 Å². The number of carbonyl (C=O) groups excluding carboxylic acids is 1. The Bertz CT molecular complexity index is 246. The summed E-state index contributed by atoms with van der Waals surface area (Å²) in [5.41, 5.74) is -0.686. The molecule has 0 unspecified atom stereocenters. The van der Waals surface area contributed by atoms with Crippen molar-refractivity contribution in [3.8, 4) is 0 Å². The minimum absolute atomic E-state index is 0.113. The van der Waals surface area contributed by atoms with E-state index < -0.39 is 5.60 Å². The molecular weight excluding hydrogens is 216 g/mol. The topological polar surface area (TPSA) is 41.6 Å². The SMILES string of the molecule is CCNCC1CCN(C(=O)C(C)(C)OC)CC1. The van der Waals surface area contributed by atoms with Crippen LogP contribution in [0.15, 0.2) is 0 Å². The van der Waals surface area contributed by atoms with Crippen molar-refractivity contribution in [1.29, 1.82) is 0 Å². The quantitative estimate of drug-likeness (QED) is 0.789. The highest BCUT2D eigenvalue weighted by molar-refractivity contribution is 5.84. The number of methoxy groups -OCH3 is 1. The summed E-state index contributed by atoms with van der Waals surface area (Å²) in [6.07, 6.45) is 2.19. The van der Waals surface area contributed by atoms with E-state index in [1.54, 1.807) is 7.11 Å². The van der Waals surface area contributed by atoms with E-state index in [0.29, 0.717) is 5.92 Å². The Hall–Kier alpha value is -0.610. The van der Waals surface area contributed by atoms with Crippen molar-refractivity contribution in [3.63, 3.8) is 0 Å². The Kier molecular flexibility index (Phi) is 5.40. The van der Waals surface area contributed by atoms with Gasteiger partial charge in [0.1, 0.15) is 5.60 Å². The Morgan fingerprint density at radius 2 is 2.00 bits per heavy atom. The van der Waals surface area contributed by atoms with Gasteiger partial charge in [-0.05, 0) is 45.7 Å². The summed E-state index contributed by atoms with van der Waals surface area (Å²) in [6.45, 7) is 9.62. The number of likely N-dealkylation sites (tertiary alicyclic amines) is 1.